The van der Waals surface area contributed by atoms with Gasteiger partial charge in [-0.05, 0) is 37.3 Å². The molecule has 11 heteroatoms. The molecule has 0 atom stereocenters. The summed E-state index contributed by atoms with van der Waals surface area (Å²) in [5.74, 6) is -1.33. The Balaban J connectivity index is 1.45. The summed E-state index contributed by atoms with van der Waals surface area (Å²) < 4.78 is 33.5. The number of nitrogens with zero attached hydrogens (tertiary/aromatic N) is 4. The molecular weight excluding hydrogens is 422 g/mol. The fraction of sp³-hybridized carbons (Fsp3) is 0.250. The first kappa shape index (κ1) is 20.8. The molecule has 0 saturated carbocycles. The molecule has 1 saturated heterocycles. The summed E-state index contributed by atoms with van der Waals surface area (Å²) in [6.45, 7) is 2.47. The van der Waals surface area contributed by atoms with Gasteiger partial charge in [-0.25, -0.2) is 13.1 Å². The number of hydrogen-bond acceptors (Lipinski definition) is 6. The molecule has 0 bridgehead atoms. The molecule has 0 spiro atoms. The summed E-state index contributed by atoms with van der Waals surface area (Å²) in [6, 6.07) is 13.6. The molecule has 3 heterocycles. The van der Waals surface area contributed by atoms with Gasteiger partial charge in [-0.2, -0.15) is 9.40 Å². The first-order valence-electron chi connectivity index (χ1n) is 9.58. The summed E-state index contributed by atoms with van der Waals surface area (Å²) in [4.78, 5) is 25.6. The maximum absolute atomic E-state index is 12.9. The number of aryl methyl sites for hydroxylation is 1. The second-order valence-corrected chi connectivity index (χ2v) is 8.97. The van der Waals surface area contributed by atoms with Gasteiger partial charge in [0.05, 0.1) is 5.69 Å². The molecule has 4 rings (SSSR count). The van der Waals surface area contributed by atoms with E-state index in [0.29, 0.717) is 5.69 Å². The third kappa shape index (κ3) is 3.97. The highest BCUT2D eigenvalue weighted by Crippen LogP contribution is 2.21. The minimum absolute atomic E-state index is 0.0963. The number of amides is 2. The van der Waals surface area contributed by atoms with Gasteiger partial charge in [-0.1, -0.05) is 18.2 Å². The molecule has 2 aromatic heterocycles. The van der Waals surface area contributed by atoms with E-state index in [1.807, 2.05) is 37.3 Å². The van der Waals surface area contributed by atoms with E-state index in [1.54, 1.807) is 15.6 Å². The molecule has 0 radical (unpaired) electrons. The van der Waals surface area contributed by atoms with E-state index in [2.05, 4.69) is 5.10 Å². The number of para-hydroxylation sites is 1. The number of hydrogen-bond donors (Lipinski definition) is 1. The van der Waals surface area contributed by atoms with Crippen LogP contribution in [-0.4, -0.2) is 65.4 Å². The van der Waals surface area contributed by atoms with Crippen LogP contribution in [0.2, 0.25) is 0 Å². The zero-order valence-corrected chi connectivity index (χ0v) is 17.6. The topological polar surface area (TPSA) is 132 Å². The number of furan rings is 1. The van der Waals surface area contributed by atoms with Crippen LogP contribution < -0.4 is 5.73 Å². The number of benzene rings is 1. The van der Waals surface area contributed by atoms with Crippen LogP contribution in [0.3, 0.4) is 0 Å². The monoisotopic (exact) mass is 443 g/mol. The first-order valence-corrected chi connectivity index (χ1v) is 11.0. The Morgan fingerprint density at radius 2 is 1.71 bits per heavy atom. The Morgan fingerprint density at radius 1 is 1.03 bits per heavy atom. The van der Waals surface area contributed by atoms with E-state index in [-0.39, 0.29) is 42.9 Å². The zero-order valence-electron chi connectivity index (χ0n) is 16.8. The summed E-state index contributed by atoms with van der Waals surface area (Å²) in [6.07, 6.45) is 0. The van der Waals surface area contributed by atoms with E-state index in [9.17, 15) is 18.0 Å². The summed E-state index contributed by atoms with van der Waals surface area (Å²) in [5.41, 5.74) is 7.08. The van der Waals surface area contributed by atoms with Crippen molar-refractivity contribution < 1.29 is 22.4 Å². The summed E-state index contributed by atoms with van der Waals surface area (Å²) >= 11 is 0. The molecule has 2 amide bonds. The summed E-state index contributed by atoms with van der Waals surface area (Å²) in [5, 5.41) is 4.08. The highest BCUT2D eigenvalue weighted by molar-refractivity contribution is 7.89. The normalized spacial score (nSPS) is 15.2. The Hall–Kier alpha value is -3.44. The second-order valence-electron chi connectivity index (χ2n) is 7.10. The van der Waals surface area contributed by atoms with Crippen molar-refractivity contribution >= 4 is 21.8 Å². The molecule has 2 N–H and O–H groups in total. The van der Waals surface area contributed by atoms with Gasteiger partial charge in [0.1, 0.15) is 0 Å². The molecular formula is C20H21N5O5S. The SMILES string of the molecule is Cc1cc(C(=O)N2CCN(S(=O)(=O)c3ccc(C(N)=O)o3)CC2)nn1-c1ccccc1. The van der Waals surface area contributed by atoms with Gasteiger partial charge in [0.15, 0.2) is 11.5 Å². The highest BCUT2D eigenvalue weighted by atomic mass is 32.2. The van der Waals surface area contributed by atoms with Crippen LogP contribution in [0.25, 0.3) is 5.69 Å². The van der Waals surface area contributed by atoms with Gasteiger partial charge in [0.25, 0.3) is 21.8 Å². The number of carbonyl (C=O) groups is 2. The van der Waals surface area contributed by atoms with Crippen molar-refractivity contribution in [3.05, 3.63) is 65.7 Å². The largest absolute Gasteiger partial charge is 0.438 e. The Labute approximate surface area is 178 Å². The minimum Gasteiger partial charge on any atom is -0.438 e. The van der Waals surface area contributed by atoms with Crippen molar-refractivity contribution in [2.24, 2.45) is 5.73 Å². The van der Waals surface area contributed by atoms with Gasteiger partial charge in [-0.3, -0.25) is 9.59 Å². The maximum Gasteiger partial charge on any atom is 0.284 e. The molecule has 0 unspecified atom stereocenters. The quantitative estimate of drug-likeness (QED) is 0.626. The molecule has 10 nitrogen and oxygen atoms in total. The molecule has 1 aliphatic rings. The number of aromatic nitrogens is 2. The van der Waals surface area contributed by atoms with Gasteiger partial charge >= 0.3 is 0 Å². The number of piperazine rings is 1. The molecule has 1 fully saturated rings. The van der Waals surface area contributed by atoms with Gasteiger partial charge in [0.2, 0.25) is 5.09 Å². The van der Waals surface area contributed by atoms with Gasteiger partial charge < -0.3 is 15.1 Å². The molecule has 1 aliphatic heterocycles. The van der Waals surface area contributed by atoms with Crippen molar-refractivity contribution in [1.82, 2.24) is 19.0 Å². The molecule has 1 aromatic carbocycles. The van der Waals surface area contributed by atoms with Crippen LogP contribution in [0.1, 0.15) is 26.7 Å². The van der Waals surface area contributed by atoms with Crippen molar-refractivity contribution in [1.29, 1.82) is 0 Å². The highest BCUT2D eigenvalue weighted by Gasteiger charge is 2.33. The van der Waals surface area contributed by atoms with Crippen LogP contribution in [0.5, 0.6) is 0 Å². The predicted molar refractivity (Wildman–Crippen MR) is 110 cm³/mol. The van der Waals surface area contributed by atoms with E-state index in [0.717, 1.165) is 11.4 Å². The van der Waals surface area contributed by atoms with Crippen molar-refractivity contribution in [2.45, 2.75) is 12.0 Å². The summed E-state index contributed by atoms with van der Waals surface area (Å²) in [7, 11) is -3.93. The fourth-order valence-electron chi connectivity index (χ4n) is 3.42. The van der Waals surface area contributed by atoms with Gasteiger partial charge in [0, 0.05) is 31.9 Å². The van der Waals surface area contributed by atoms with E-state index in [4.69, 9.17) is 10.2 Å². The first-order chi connectivity index (χ1) is 14.8. The number of rotatable bonds is 5. The molecule has 0 aliphatic carbocycles. The minimum atomic E-state index is -3.93. The van der Waals surface area contributed by atoms with E-state index >= 15 is 0 Å². The average molecular weight is 443 g/mol. The molecule has 31 heavy (non-hydrogen) atoms. The van der Waals surface area contributed by atoms with Crippen LogP contribution in [0, 0.1) is 6.92 Å². The van der Waals surface area contributed by atoms with Crippen LogP contribution in [0.15, 0.2) is 58.0 Å². The average Bonchev–Trinajstić information content (AvgIpc) is 3.42. The van der Waals surface area contributed by atoms with E-state index in [1.165, 1.54) is 16.4 Å². The molecule has 162 valence electrons. The fourth-order valence-corrected chi connectivity index (χ4v) is 4.76. The number of primary amides is 1. The standard InChI is InChI=1S/C20H21N5O5S/c1-14-13-16(22-25(14)15-5-3-2-4-6-15)20(27)23-9-11-24(12-10-23)31(28,29)18-8-7-17(30-18)19(21)26/h2-8,13H,9-12H2,1H3,(H2,21,26). The van der Waals surface area contributed by atoms with Crippen LogP contribution >= 0.6 is 0 Å². The zero-order chi connectivity index (χ0) is 22.2. The van der Waals surface area contributed by atoms with Crippen molar-refractivity contribution in [2.75, 3.05) is 26.2 Å². The number of nitrogens with two attached hydrogens (primary N) is 1. The lowest BCUT2D eigenvalue weighted by atomic mass is 10.3. The predicted octanol–water partition coefficient (Wildman–Crippen LogP) is 1.02. The maximum atomic E-state index is 12.9. The number of carbonyl (C=O) groups excluding carboxylic acids is 2. The lowest BCUT2D eigenvalue weighted by Gasteiger charge is -2.33. The third-order valence-corrected chi connectivity index (χ3v) is 6.82. The van der Waals surface area contributed by atoms with Crippen LogP contribution in [-0.2, 0) is 10.0 Å². The lowest BCUT2D eigenvalue weighted by Crippen LogP contribution is -2.50. The molecule has 3 aromatic rings. The van der Waals surface area contributed by atoms with Crippen molar-refractivity contribution in [3.8, 4) is 5.69 Å². The van der Waals surface area contributed by atoms with Crippen LogP contribution in [0.4, 0.5) is 0 Å². The Kier molecular flexibility index (Phi) is 5.38. The lowest BCUT2D eigenvalue weighted by molar-refractivity contribution is 0.0690. The van der Waals surface area contributed by atoms with Gasteiger partial charge in [-0.15, -0.1) is 0 Å². The number of sulfonamides is 1. The van der Waals surface area contributed by atoms with Crippen molar-refractivity contribution in [3.63, 3.8) is 0 Å². The third-order valence-electron chi connectivity index (χ3n) is 5.05. The smallest absolute Gasteiger partial charge is 0.284 e. The Bertz CT molecular complexity index is 1220. The Morgan fingerprint density at radius 3 is 2.32 bits per heavy atom. The second kappa shape index (κ2) is 8.00. The van der Waals surface area contributed by atoms with E-state index < -0.39 is 15.9 Å².